The van der Waals surface area contributed by atoms with E-state index in [2.05, 4.69) is 43.8 Å². The number of imidazole rings is 2. The van der Waals surface area contributed by atoms with Crippen molar-refractivity contribution in [2.75, 3.05) is 33.4 Å². The van der Waals surface area contributed by atoms with Crippen molar-refractivity contribution in [3.8, 4) is 39.7 Å². The second-order valence-corrected chi connectivity index (χ2v) is 33.9. The van der Waals surface area contributed by atoms with Crippen LogP contribution in [0.3, 0.4) is 0 Å². The van der Waals surface area contributed by atoms with E-state index < -0.39 is 27.3 Å². The Kier molecular flexibility index (Phi) is 15.3. The quantitative estimate of drug-likeness (QED) is 0.0687. The van der Waals surface area contributed by atoms with Crippen molar-refractivity contribution in [3.05, 3.63) is 66.5 Å². The Hall–Kier alpha value is -5.11. The first-order valence-electron chi connectivity index (χ1n) is 24.2. The Morgan fingerprint density at radius 1 is 0.618 bits per heavy atom. The minimum absolute atomic E-state index is 0.227. The number of amides is 2. The lowest BCUT2D eigenvalue weighted by Gasteiger charge is -2.28. The van der Waals surface area contributed by atoms with Crippen LogP contribution in [0.25, 0.3) is 44.8 Å². The number of hydrogen-bond donors (Lipinski definition) is 0. The van der Waals surface area contributed by atoms with Crippen LogP contribution in [0.5, 0.6) is 5.88 Å². The molecule has 5 heterocycles. The van der Waals surface area contributed by atoms with E-state index in [1.165, 1.54) is 0 Å². The smallest absolute Gasteiger partial charge is 0.410 e. The lowest BCUT2D eigenvalue weighted by Crippen LogP contribution is -2.37. The molecule has 0 unspecified atom stereocenters. The second kappa shape index (κ2) is 20.5. The van der Waals surface area contributed by atoms with Crippen molar-refractivity contribution >= 4 is 39.4 Å². The monoisotopic (exact) mass is 967 g/mol. The van der Waals surface area contributed by atoms with Gasteiger partial charge in [0.1, 0.15) is 42.0 Å². The first-order chi connectivity index (χ1) is 31.9. The number of nitrogens with zero attached hydrogens (tertiary/aromatic N) is 8. The van der Waals surface area contributed by atoms with Crippen molar-refractivity contribution in [2.45, 2.75) is 155 Å². The number of ether oxygens (including phenoxy) is 5. The van der Waals surface area contributed by atoms with Crippen LogP contribution in [-0.4, -0.2) is 112 Å². The molecule has 0 radical (unpaired) electrons. The van der Waals surface area contributed by atoms with Crippen LogP contribution < -0.4 is 4.74 Å². The summed E-state index contributed by atoms with van der Waals surface area (Å²) in [6.45, 7) is 28.6. The molecule has 2 atom stereocenters. The molecule has 2 saturated heterocycles. The lowest BCUT2D eigenvalue weighted by molar-refractivity contribution is 0.0194. The SMILES string of the molecule is COc1nc2cc(-c3cn(COCC[Si](C)(C)C)c([C@@H]4CCCN4C(=O)OC(C)(C)C)n3)ccc2nc1-c1ccc(-c2cn(COCC[Si](C)(C)C)c([C@@H]3CCCN3C(=O)OC(C)(C)C)n2)cc1. The van der Waals surface area contributed by atoms with E-state index >= 15 is 0 Å². The average molecular weight is 967 g/mol. The Morgan fingerprint density at radius 2 is 1.07 bits per heavy atom. The summed E-state index contributed by atoms with van der Waals surface area (Å²) in [6, 6.07) is 15.7. The van der Waals surface area contributed by atoms with Crippen molar-refractivity contribution in [3.63, 3.8) is 0 Å². The third-order valence-corrected chi connectivity index (χ3v) is 15.4. The normalized spacial score (nSPS) is 17.1. The zero-order valence-corrected chi connectivity index (χ0v) is 44.8. The Balaban J connectivity index is 1.15. The minimum Gasteiger partial charge on any atom is -0.479 e. The zero-order chi connectivity index (χ0) is 49.2. The summed E-state index contributed by atoms with van der Waals surface area (Å²) in [4.78, 5) is 50.8. The average Bonchev–Trinajstić information content (AvgIpc) is 4.08. The maximum atomic E-state index is 13.4. The van der Waals surface area contributed by atoms with E-state index in [9.17, 15) is 9.59 Å². The highest BCUT2D eigenvalue weighted by Crippen LogP contribution is 2.38. The molecule has 68 heavy (non-hydrogen) atoms. The molecular formula is C51H74N8O7Si2. The van der Waals surface area contributed by atoms with Crippen LogP contribution in [0.1, 0.15) is 91.0 Å². The molecule has 2 aliphatic heterocycles. The van der Waals surface area contributed by atoms with Crippen LogP contribution in [0.15, 0.2) is 54.9 Å². The van der Waals surface area contributed by atoms with Crippen molar-refractivity contribution in [1.82, 2.24) is 38.9 Å². The van der Waals surface area contributed by atoms with Gasteiger partial charge in [-0.3, -0.25) is 9.80 Å². The highest BCUT2D eigenvalue weighted by molar-refractivity contribution is 6.76. The summed E-state index contributed by atoms with van der Waals surface area (Å²) in [5, 5.41) is 0. The van der Waals surface area contributed by atoms with E-state index in [4.69, 9.17) is 43.6 Å². The number of hydrogen-bond acceptors (Lipinski definition) is 11. The van der Waals surface area contributed by atoms with Gasteiger partial charge in [-0.25, -0.2) is 29.5 Å². The number of carbonyl (C=O) groups is 2. The Morgan fingerprint density at radius 3 is 1.53 bits per heavy atom. The summed E-state index contributed by atoms with van der Waals surface area (Å²) >= 11 is 0. The molecule has 0 N–H and O–H groups in total. The number of aromatic nitrogens is 6. The summed E-state index contributed by atoms with van der Waals surface area (Å²) in [5.41, 5.74) is 4.94. The van der Waals surface area contributed by atoms with E-state index in [-0.39, 0.29) is 24.3 Å². The van der Waals surface area contributed by atoms with E-state index in [0.29, 0.717) is 62.4 Å². The molecule has 2 aliphatic rings. The van der Waals surface area contributed by atoms with Crippen LogP contribution in [0.4, 0.5) is 9.59 Å². The van der Waals surface area contributed by atoms with Crippen LogP contribution >= 0.6 is 0 Å². The number of benzene rings is 2. The van der Waals surface area contributed by atoms with Crippen molar-refractivity contribution in [1.29, 1.82) is 0 Å². The van der Waals surface area contributed by atoms with Gasteiger partial charge in [-0.05, 0) is 91.4 Å². The summed E-state index contributed by atoms with van der Waals surface area (Å²) in [7, 11) is -0.974. The first-order valence-corrected chi connectivity index (χ1v) is 31.6. The van der Waals surface area contributed by atoms with Crippen LogP contribution in [-0.2, 0) is 32.4 Å². The highest BCUT2D eigenvalue weighted by Gasteiger charge is 2.38. The predicted molar refractivity (Wildman–Crippen MR) is 272 cm³/mol. The molecule has 0 spiro atoms. The van der Waals surface area contributed by atoms with Crippen molar-refractivity contribution < 1.29 is 33.3 Å². The molecule has 3 aromatic heterocycles. The first kappa shape index (κ1) is 50.8. The van der Waals surface area contributed by atoms with Crippen molar-refractivity contribution in [2.24, 2.45) is 0 Å². The van der Waals surface area contributed by atoms with Gasteiger partial charge in [0.2, 0.25) is 5.88 Å². The fourth-order valence-corrected chi connectivity index (χ4v) is 9.95. The Bertz CT molecular complexity index is 2550. The van der Waals surface area contributed by atoms with E-state index in [1.807, 2.05) is 101 Å². The number of fused-ring (bicyclic) bond motifs is 1. The molecule has 5 aromatic rings. The van der Waals surface area contributed by atoms with Gasteiger partial charge in [0.25, 0.3) is 0 Å². The van der Waals surface area contributed by atoms with Gasteiger partial charge in [-0.15, -0.1) is 0 Å². The van der Waals surface area contributed by atoms with Crippen LogP contribution in [0, 0.1) is 0 Å². The van der Waals surface area contributed by atoms with Gasteiger partial charge < -0.3 is 32.8 Å². The summed E-state index contributed by atoms with van der Waals surface area (Å²) in [6.07, 6.45) is 6.67. The fourth-order valence-electron chi connectivity index (χ4n) is 8.43. The third kappa shape index (κ3) is 12.9. The number of methoxy groups -OCH3 is 1. The molecule has 368 valence electrons. The van der Waals surface area contributed by atoms with E-state index in [1.54, 1.807) is 16.9 Å². The maximum Gasteiger partial charge on any atom is 0.410 e. The molecule has 2 aromatic carbocycles. The Labute approximate surface area is 404 Å². The molecule has 2 fully saturated rings. The molecule has 0 saturated carbocycles. The second-order valence-electron chi connectivity index (χ2n) is 22.6. The van der Waals surface area contributed by atoms with E-state index in [0.717, 1.165) is 77.5 Å². The van der Waals surface area contributed by atoms with Crippen LogP contribution in [0.2, 0.25) is 51.4 Å². The molecular weight excluding hydrogens is 893 g/mol. The van der Waals surface area contributed by atoms with Gasteiger partial charge in [-0.2, -0.15) is 0 Å². The maximum absolute atomic E-state index is 13.4. The number of likely N-dealkylation sites (tertiary alicyclic amines) is 2. The molecule has 17 heteroatoms. The molecule has 0 bridgehead atoms. The van der Waals surface area contributed by atoms with Gasteiger partial charge in [-0.1, -0.05) is 69.6 Å². The fraction of sp³-hybridized carbons (Fsp3) is 0.569. The number of rotatable bonds is 16. The molecule has 7 rings (SSSR count). The molecule has 2 amide bonds. The van der Waals surface area contributed by atoms with Gasteiger partial charge in [0, 0.05) is 71.5 Å². The minimum atomic E-state index is -1.29. The zero-order valence-electron chi connectivity index (χ0n) is 42.8. The standard InChI is InChI=1S/C51H74N8O7Si2/c1-50(2,3)65-48(60)58-24-14-16-42(58)45-53-40(31-56(45)33-63-26-28-67(8,9)10)35-18-20-36(21-19-35)44-47(62-7)55-39-30-37(22-23-38(39)52-44)41-32-57(34-64-27-29-68(11,12)13)46(54-41)43-17-15-25-59(43)49(61)66-51(4,5)6/h18-23,30-32,42-43H,14-17,24-29,33-34H2,1-13H3/t42-,43-/m0/s1. The predicted octanol–water partition coefficient (Wildman–Crippen LogP) is 11.8. The summed E-state index contributed by atoms with van der Waals surface area (Å²) in [5.74, 6) is 1.96. The number of carbonyl (C=O) groups excluding carboxylic acids is 2. The van der Waals surface area contributed by atoms with Gasteiger partial charge in [0.05, 0.1) is 41.6 Å². The molecule has 15 nitrogen and oxygen atoms in total. The third-order valence-electron chi connectivity index (χ3n) is 12.0. The highest BCUT2D eigenvalue weighted by atomic mass is 28.3. The van der Waals surface area contributed by atoms with Gasteiger partial charge in [0.15, 0.2) is 0 Å². The largest absolute Gasteiger partial charge is 0.479 e. The topological polar surface area (TPSA) is 148 Å². The molecule has 0 aliphatic carbocycles. The van der Waals surface area contributed by atoms with Gasteiger partial charge >= 0.3 is 12.2 Å². The summed E-state index contributed by atoms with van der Waals surface area (Å²) < 4.78 is 34.1. The lowest BCUT2D eigenvalue weighted by atomic mass is 10.1.